The van der Waals surface area contributed by atoms with E-state index in [4.69, 9.17) is 11.8 Å². The van der Waals surface area contributed by atoms with Crippen molar-refractivity contribution in [2.45, 2.75) is 167 Å². The fraction of sp³-hybridized carbons (Fsp3) is 0.852. The Morgan fingerprint density at radius 3 is 0.457 bits per heavy atom. The van der Waals surface area contributed by atoms with Crippen LogP contribution in [0.4, 0.5) is 18.8 Å². The van der Waals surface area contributed by atoms with Crippen LogP contribution < -0.4 is 0 Å². The normalized spacial score (nSPS) is 2.23. The summed E-state index contributed by atoms with van der Waals surface area (Å²) in [6.07, 6.45) is 16.0. The monoisotopic (exact) mass is 550 g/mol. The van der Waals surface area contributed by atoms with Gasteiger partial charge in [0.25, 0.3) is 0 Å². The van der Waals surface area contributed by atoms with Gasteiger partial charge in [0.2, 0.25) is 0 Å². The molecule has 0 aromatic carbocycles. The third-order valence-corrected chi connectivity index (χ3v) is 0. The average Bonchev–Trinajstić information content (AvgIpc) is 2.40. The highest BCUT2D eigenvalue weighted by molar-refractivity contribution is 6.88. The molecule has 35 heavy (non-hydrogen) atoms. The molecule has 0 fully saturated rings. The average molecular weight is 549 g/mol. The van der Waals surface area contributed by atoms with E-state index in [1.54, 1.807) is 27.6 Å². The Bertz CT molecular complexity index is 103. The summed E-state index contributed by atoms with van der Waals surface area (Å²) in [5, 5.41) is 0. The van der Waals surface area contributed by atoms with Crippen molar-refractivity contribution in [1.29, 1.82) is 0 Å². The Morgan fingerprint density at radius 1 is 0.457 bits per heavy atom. The van der Waals surface area contributed by atoms with E-state index in [0.717, 1.165) is 0 Å². The number of hydrogen-bond donors (Lipinski definition) is 0. The highest BCUT2D eigenvalue weighted by Crippen LogP contribution is 1.23. The molecule has 0 aliphatic carbocycles. The maximum Gasteiger partial charge on any atom is 0.0502 e. The predicted molar refractivity (Wildman–Crippen MR) is 207 cm³/mol. The first-order valence-electron chi connectivity index (χ1n) is 6.15. The van der Waals surface area contributed by atoms with Gasteiger partial charge in [0.1, 0.15) is 0 Å². The van der Waals surface area contributed by atoms with Crippen molar-refractivity contribution in [2.24, 2.45) is 0 Å². The molecule has 0 aliphatic heterocycles. The first kappa shape index (κ1) is 366. The molecule has 7 radical (unpaired) electrons. The van der Waals surface area contributed by atoms with Crippen LogP contribution in [0.3, 0.4) is 0 Å². The molecule has 0 saturated carbocycles. The lowest BCUT2D eigenvalue weighted by Gasteiger charge is -1.41. The summed E-state index contributed by atoms with van der Waals surface area (Å²) < 4.78 is 18.6. The van der Waals surface area contributed by atoms with Crippen molar-refractivity contribution < 1.29 is 27.2 Å². The van der Waals surface area contributed by atoms with Gasteiger partial charge in [0, 0.05) is 31.6 Å². The number of rotatable bonds is 0. The SMILES string of the molecule is C.C.C.C.C.C.C.C.C.C.C.C.C.C.C.C.C#C.C#C.F.F.F.F.[2HH].[2HH].[2HH].[2H]CC.[2H]CC.[2H]CC.[B][B].[B][B]C. The molecular formula is C27H99B4F4. The second-order valence-corrected chi connectivity index (χ2v) is 0.333. The van der Waals surface area contributed by atoms with Gasteiger partial charge >= 0.3 is 0 Å². The van der Waals surface area contributed by atoms with Gasteiger partial charge < -0.3 is 0 Å². The molecule has 247 valence electrons. The van der Waals surface area contributed by atoms with E-state index in [1.807, 2.05) is 0 Å². The standard InChI is InChI=1S/3C2H6.2C2H2.CH3B2.16CH4.B2.4FH.3H2/c5*1-2;1-3-2;;;;;;;;;;;;;;;;;1-2;;;;;;;/h3*1-2H3;2*1-2H;1H3;16*1H4;;7*1H/i3*1D;;;;;;;;;;;;;;;;;;;;;;;;;3*1+1. The molecule has 0 aromatic rings. The van der Waals surface area contributed by atoms with E-state index in [9.17, 15) is 0 Å². The van der Waals surface area contributed by atoms with Gasteiger partial charge in [0.15, 0.2) is 0 Å². The van der Waals surface area contributed by atoms with Gasteiger partial charge in [-0.1, -0.05) is 160 Å². The zero-order valence-electron chi connectivity index (χ0n) is 15.4. The first-order valence-corrected chi connectivity index (χ1v) is 4.03. The smallest absolute Gasteiger partial charge is 0.0502 e. The van der Waals surface area contributed by atoms with Gasteiger partial charge in [-0.05, 0) is 0 Å². The Balaban J connectivity index is -0.00000000113. The topological polar surface area (TPSA) is 0 Å². The van der Waals surface area contributed by atoms with E-state index in [1.165, 1.54) is 7.17 Å². The highest BCUT2D eigenvalue weighted by atomic mass is 19.0. The molecule has 0 unspecified atom stereocenters. The van der Waals surface area contributed by atoms with Crippen LogP contribution >= 0.6 is 0 Å². The molecule has 0 amide bonds. The van der Waals surface area contributed by atoms with Crippen molar-refractivity contribution in [1.82, 2.24) is 0 Å². The third kappa shape index (κ3) is 39500. The minimum absolute atomic E-state index is 0. The molecule has 0 bridgehead atoms. The summed E-state index contributed by atoms with van der Waals surface area (Å²) in [5.41, 5.74) is 0. The lowest BCUT2D eigenvalue weighted by atomic mass is 9.59. The van der Waals surface area contributed by atoms with Gasteiger partial charge in [-0.25, -0.2) is 0 Å². The molecule has 0 saturated heterocycles. The van der Waals surface area contributed by atoms with E-state index in [0.29, 0.717) is 20.7 Å². The third-order valence-electron chi connectivity index (χ3n) is 0. The molecule has 8 heteroatoms. The maximum absolute atomic E-state index is 6.21. The fourth-order valence-corrected chi connectivity index (χ4v) is 0. The zero-order valence-corrected chi connectivity index (χ0v) is 12.4. The Morgan fingerprint density at radius 2 is 0.457 bits per heavy atom. The second-order valence-electron chi connectivity index (χ2n) is 0.333. The van der Waals surface area contributed by atoms with Crippen molar-refractivity contribution in [2.75, 3.05) is 0 Å². The van der Waals surface area contributed by atoms with Crippen LogP contribution in [-0.4, -0.2) is 30.4 Å². The molecule has 0 N–H and O–H groups in total. The fourth-order valence-electron chi connectivity index (χ4n) is 0. The van der Waals surface area contributed by atoms with Crippen LogP contribution in [0.2, 0.25) is 6.82 Å². The minimum atomic E-state index is 0. The summed E-state index contributed by atoms with van der Waals surface area (Å²) in [6, 6.07) is 0. The van der Waals surface area contributed by atoms with E-state index >= 15 is 0 Å². The summed E-state index contributed by atoms with van der Waals surface area (Å²) >= 11 is 0. The largest absolute Gasteiger partial charge is 0.269 e. The van der Waals surface area contributed by atoms with Crippen molar-refractivity contribution in [3.8, 4) is 25.7 Å². The zero-order chi connectivity index (χ0) is 16.8. The van der Waals surface area contributed by atoms with Crippen molar-refractivity contribution in [3.63, 3.8) is 0 Å². The maximum atomic E-state index is 6.21. The molecular weight excluding hydrogens is 444 g/mol. The summed E-state index contributed by atoms with van der Waals surface area (Å²) in [7, 11) is 14.2. The van der Waals surface area contributed by atoms with Crippen LogP contribution in [-0.2, 0) is 0 Å². The summed E-state index contributed by atoms with van der Waals surface area (Å²) in [5.74, 6) is 0. The number of hydrogen-bond acceptors (Lipinski definition) is 0. The molecule has 0 heterocycles. The molecule has 0 spiro atoms. The summed E-state index contributed by atoms with van der Waals surface area (Å²) in [4.78, 5) is 0. The molecule has 0 atom stereocenters. The lowest BCUT2D eigenvalue weighted by Crippen LogP contribution is -1.68. The van der Waals surface area contributed by atoms with Crippen molar-refractivity contribution >= 4 is 30.4 Å². The number of halogens is 4. The Kier molecular flexibility index (Phi) is 35900000. The Labute approximate surface area is 250 Å². The molecule has 0 aliphatic rings. The summed E-state index contributed by atoms with van der Waals surface area (Å²) in [6.45, 7) is 8.65. The highest BCUT2D eigenvalue weighted by Gasteiger charge is 1.42. The lowest BCUT2D eigenvalue weighted by molar-refractivity contribution is 1.11. The Hall–Kier alpha value is -0.900. The quantitative estimate of drug-likeness (QED) is 0.160. The van der Waals surface area contributed by atoms with Crippen molar-refractivity contribution in [3.05, 3.63) is 0 Å². The molecule has 0 rings (SSSR count). The van der Waals surface area contributed by atoms with E-state index < -0.39 is 0 Å². The van der Waals surface area contributed by atoms with Gasteiger partial charge in [0.05, 0.1) is 7.17 Å². The van der Waals surface area contributed by atoms with E-state index in [-0.39, 0.29) is 142 Å². The molecule has 0 aromatic heterocycles. The van der Waals surface area contributed by atoms with Crippen LogP contribution in [0.1, 0.15) is 169 Å². The van der Waals surface area contributed by atoms with E-state index in [2.05, 4.69) is 41.2 Å². The number of terminal acetylenes is 2. The molecule has 0 nitrogen and oxygen atoms in total. The first-order chi connectivity index (χ1) is 8.66. The van der Waals surface area contributed by atoms with Gasteiger partial charge in [-0.2, -0.15) is 0 Å². The van der Waals surface area contributed by atoms with Crippen LogP contribution in [0.25, 0.3) is 0 Å². The van der Waals surface area contributed by atoms with Crippen LogP contribution in [0.5, 0.6) is 0 Å². The van der Waals surface area contributed by atoms with Gasteiger partial charge in [-0.15, -0.1) is 32.5 Å². The van der Waals surface area contributed by atoms with Crippen LogP contribution in [0.15, 0.2) is 0 Å². The minimum Gasteiger partial charge on any atom is -0.269 e. The van der Waals surface area contributed by atoms with Gasteiger partial charge in [-0.3, -0.25) is 18.8 Å². The predicted octanol–water partition coefficient (Wildman–Crippen LogP) is 14.2. The van der Waals surface area contributed by atoms with Crippen LogP contribution in [0, 0.1) is 25.7 Å². The second kappa shape index (κ2) is 3430000.